The van der Waals surface area contributed by atoms with E-state index in [2.05, 4.69) is 9.97 Å². The number of carbonyl (C=O) groups is 1. The van der Waals surface area contributed by atoms with Gasteiger partial charge in [0.05, 0.1) is 5.56 Å². The van der Waals surface area contributed by atoms with E-state index in [0.29, 0.717) is 6.07 Å². The second-order valence-electron chi connectivity index (χ2n) is 3.24. The average molecular weight is 236 g/mol. The fourth-order valence-corrected chi connectivity index (χ4v) is 1.37. The van der Waals surface area contributed by atoms with Gasteiger partial charge in [0.15, 0.2) is 0 Å². The van der Waals surface area contributed by atoms with E-state index in [1.165, 1.54) is 18.7 Å². The zero-order valence-electron chi connectivity index (χ0n) is 8.39. The van der Waals surface area contributed by atoms with Crippen LogP contribution in [0.3, 0.4) is 0 Å². The number of benzene rings is 1. The number of hydrogen-bond acceptors (Lipinski definition) is 3. The number of carboxylic acid groups (broad SMARTS) is 1. The zero-order chi connectivity index (χ0) is 12.4. The third-order valence-corrected chi connectivity index (χ3v) is 2.16. The Morgan fingerprint density at radius 2 is 1.76 bits per heavy atom. The van der Waals surface area contributed by atoms with Crippen molar-refractivity contribution in [3.63, 3.8) is 0 Å². The van der Waals surface area contributed by atoms with Crippen LogP contribution < -0.4 is 0 Å². The Labute approximate surface area is 94.6 Å². The molecule has 1 aromatic carbocycles. The van der Waals surface area contributed by atoms with Crippen molar-refractivity contribution in [2.24, 2.45) is 0 Å². The molecule has 2 rings (SSSR count). The highest BCUT2D eigenvalue weighted by Gasteiger charge is 2.16. The molecule has 0 bridgehead atoms. The predicted octanol–water partition coefficient (Wildman–Crippen LogP) is 2.12. The fourth-order valence-electron chi connectivity index (χ4n) is 1.37. The van der Waals surface area contributed by atoms with Crippen LogP contribution in [-0.2, 0) is 0 Å². The van der Waals surface area contributed by atoms with E-state index >= 15 is 0 Å². The lowest BCUT2D eigenvalue weighted by molar-refractivity contribution is 0.0691. The quantitative estimate of drug-likeness (QED) is 0.867. The van der Waals surface area contributed by atoms with Crippen LogP contribution in [-0.4, -0.2) is 21.0 Å². The normalized spacial score (nSPS) is 10.2. The molecule has 0 saturated carbocycles. The molecule has 1 heterocycles. The lowest BCUT2D eigenvalue weighted by Crippen LogP contribution is -2.02. The summed E-state index contributed by atoms with van der Waals surface area (Å²) in [5, 5.41) is 8.62. The second-order valence-corrected chi connectivity index (χ2v) is 3.24. The third kappa shape index (κ3) is 2.10. The highest BCUT2D eigenvalue weighted by Crippen LogP contribution is 2.24. The predicted molar refractivity (Wildman–Crippen MR) is 54.3 cm³/mol. The molecule has 17 heavy (non-hydrogen) atoms. The molecular formula is C11H6F2N2O2. The molecule has 86 valence electrons. The molecule has 4 nitrogen and oxygen atoms in total. The summed E-state index contributed by atoms with van der Waals surface area (Å²) in [4.78, 5) is 17.9. The van der Waals surface area contributed by atoms with Crippen molar-refractivity contribution >= 4 is 5.97 Å². The number of halogens is 2. The first-order valence-corrected chi connectivity index (χ1v) is 4.57. The van der Waals surface area contributed by atoms with Crippen molar-refractivity contribution in [2.45, 2.75) is 0 Å². The van der Waals surface area contributed by atoms with Gasteiger partial charge in [0.1, 0.15) is 18.0 Å². The largest absolute Gasteiger partial charge is 0.478 e. The van der Waals surface area contributed by atoms with Crippen LogP contribution in [0.4, 0.5) is 8.78 Å². The van der Waals surface area contributed by atoms with Crippen molar-refractivity contribution in [3.05, 3.63) is 48.1 Å². The molecule has 0 saturated heterocycles. The zero-order valence-corrected chi connectivity index (χ0v) is 8.39. The van der Waals surface area contributed by atoms with Gasteiger partial charge in [-0.25, -0.2) is 23.5 Å². The summed E-state index contributed by atoms with van der Waals surface area (Å²) in [6, 6.07) is 1.46. The third-order valence-electron chi connectivity index (χ3n) is 2.16. The maximum absolute atomic E-state index is 13.6. The highest BCUT2D eigenvalue weighted by atomic mass is 19.1. The number of carboxylic acids is 1. The summed E-state index contributed by atoms with van der Waals surface area (Å²) < 4.78 is 27.0. The molecule has 0 radical (unpaired) electrons. The minimum atomic E-state index is -1.52. The summed E-state index contributed by atoms with van der Waals surface area (Å²) in [6.07, 6.45) is 3.87. The molecule has 0 atom stereocenters. The van der Waals surface area contributed by atoms with Crippen LogP contribution in [0, 0.1) is 11.6 Å². The molecule has 0 fully saturated rings. The van der Waals surface area contributed by atoms with Gasteiger partial charge in [-0.2, -0.15) is 0 Å². The van der Waals surface area contributed by atoms with Gasteiger partial charge in [-0.3, -0.25) is 0 Å². The summed E-state index contributed by atoms with van der Waals surface area (Å²) in [6.45, 7) is 0. The van der Waals surface area contributed by atoms with Gasteiger partial charge in [-0.1, -0.05) is 0 Å². The van der Waals surface area contributed by atoms with Crippen LogP contribution >= 0.6 is 0 Å². The topological polar surface area (TPSA) is 63.1 Å². The summed E-state index contributed by atoms with van der Waals surface area (Å²) >= 11 is 0. The molecule has 1 N–H and O–H groups in total. The molecule has 0 spiro atoms. The number of rotatable bonds is 2. The van der Waals surface area contributed by atoms with Crippen LogP contribution in [0.1, 0.15) is 10.4 Å². The maximum Gasteiger partial charge on any atom is 0.338 e. The Bertz CT molecular complexity index is 573. The molecule has 0 unspecified atom stereocenters. The van der Waals surface area contributed by atoms with Crippen LogP contribution in [0.25, 0.3) is 11.1 Å². The first-order valence-electron chi connectivity index (χ1n) is 4.57. The van der Waals surface area contributed by atoms with Gasteiger partial charge in [0.2, 0.25) is 0 Å². The van der Waals surface area contributed by atoms with E-state index in [9.17, 15) is 13.6 Å². The van der Waals surface area contributed by atoms with E-state index < -0.39 is 23.2 Å². The van der Waals surface area contributed by atoms with Crippen LogP contribution in [0.5, 0.6) is 0 Å². The summed E-state index contributed by atoms with van der Waals surface area (Å²) in [7, 11) is 0. The van der Waals surface area contributed by atoms with E-state index in [4.69, 9.17) is 5.11 Å². The average Bonchev–Trinajstić information content (AvgIpc) is 2.32. The smallest absolute Gasteiger partial charge is 0.338 e. The molecular weight excluding hydrogens is 230 g/mol. The number of nitrogens with zero attached hydrogens (tertiary/aromatic N) is 2. The van der Waals surface area contributed by atoms with Gasteiger partial charge in [-0.15, -0.1) is 0 Å². The van der Waals surface area contributed by atoms with Crippen molar-refractivity contribution in [1.82, 2.24) is 9.97 Å². The van der Waals surface area contributed by atoms with E-state index in [1.54, 1.807) is 0 Å². The van der Waals surface area contributed by atoms with E-state index in [1.807, 2.05) is 0 Å². The Kier molecular flexibility index (Phi) is 2.78. The van der Waals surface area contributed by atoms with Gasteiger partial charge < -0.3 is 5.11 Å². The number of aromatic carboxylic acids is 1. The van der Waals surface area contributed by atoms with Gasteiger partial charge in [0.25, 0.3) is 0 Å². The molecule has 0 amide bonds. The molecule has 0 aliphatic rings. The Morgan fingerprint density at radius 1 is 1.12 bits per heavy atom. The first kappa shape index (κ1) is 11.1. The molecule has 1 aromatic heterocycles. The van der Waals surface area contributed by atoms with Crippen molar-refractivity contribution in [3.8, 4) is 11.1 Å². The van der Waals surface area contributed by atoms with Gasteiger partial charge in [-0.05, 0) is 12.1 Å². The lowest BCUT2D eigenvalue weighted by Gasteiger charge is -2.04. The molecule has 0 aliphatic heterocycles. The van der Waals surface area contributed by atoms with Gasteiger partial charge in [0, 0.05) is 23.5 Å². The van der Waals surface area contributed by atoms with Gasteiger partial charge >= 0.3 is 5.97 Å². The summed E-state index contributed by atoms with van der Waals surface area (Å²) in [5.74, 6) is -3.35. The number of aromatic nitrogens is 2. The Morgan fingerprint density at radius 3 is 2.35 bits per heavy atom. The van der Waals surface area contributed by atoms with Crippen molar-refractivity contribution in [2.75, 3.05) is 0 Å². The maximum atomic E-state index is 13.6. The highest BCUT2D eigenvalue weighted by molar-refractivity contribution is 5.88. The minimum absolute atomic E-state index is 0.0758. The SMILES string of the molecule is O=C(O)c1cc(F)c(-c2cncnc2)cc1F. The van der Waals surface area contributed by atoms with E-state index in [0.717, 1.165) is 6.07 Å². The van der Waals surface area contributed by atoms with E-state index in [-0.39, 0.29) is 11.1 Å². The second kappa shape index (κ2) is 4.25. The standard InChI is InChI=1S/C11H6F2N2O2/c12-9-2-8(11(16)17)10(13)1-7(9)6-3-14-5-15-4-6/h1-5H,(H,16,17). The molecule has 6 heteroatoms. The first-order chi connectivity index (χ1) is 8.09. The molecule has 2 aromatic rings. The summed E-state index contributed by atoms with van der Waals surface area (Å²) in [5.41, 5.74) is -0.503. The van der Waals surface area contributed by atoms with Crippen molar-refractivity contribution in [1.29, 1.82) is 0 Å². The van der Waals surface area contributed by atoms with Crippen molar-refractivity contribution < 1.29 is 18.7 Å². The van der Waals surface area contributed by atoms with Crippen LogP contribution in [0.2, 0.25) is 0 Å². The molecule has 0 aliphatic carbocycles. The Hall–Kier alpha value is -2.37. The Balaban J connectivity index is 2.58. The monoisotopic (exact) mass is 236 g/mol. The fraction of sp³-hybridized carbons (Fsp3) is 0. The lowest BCUT2D eigenvalue weighted by atomic mass is 10.1. The number of hydrogen-bond donors (Lipinski definition) is 1. The minimum Gasteiger partial charge on any atom is -0.478 e. The van der Waals surface area contributed by atoms with Crippen LogP contribution in [0.15, 0.2) is 30.9 Å².